The van der Waals surface area contributed by atoms with Crippen molar-refractivity contribution in [2.24, 2.45) is 0 Å². The predicted octanol–water partition coefficient (Wildman–Crippen LogP) is 5.21. The Kier molecular flexibility index (Phi) is 6.41. The van der Waals surface area contributed by atoms with Crippen LogP contribution in [0, 0.1) is 11.3 Å². The first-order valence-electron chi connectivity index (χ1n) is 9.61. The number of aromatic nitrogens is 3. The fourth-order valence-corrected chi connectivity index (χ4v) is 4.06. The minimum Gasteiger partial charge on any atom is -0.332 e. The van der Waals surface area contributed by atoms with Crippen LogP contribution < -0.4 is 0 Å². The van der Waals surface area contributed by atoms with Crippen LogP contribution in [0.25, 0.3) is 16.3 Å². The number of hydrogen-bond acceptors (Lipinski definition) is 5. The van der Waals surface area contributed by atoms with Crippen molar-refractivity contribution in [3.05, 3.63) is 88.7 Å². The molecule has 0 bridgehead atoms. The topological polar surface area (TPSA) is 74.8 Å². The van der Waals surface area contributed by atoms with Gasteiger partial charge in [0.05, 0.1) is 23.1 Å². The Labute approximate surface area is 189 Å². The highest BCUT2D eigenvalue weighted by Crippen LogP contribution is 2.27. The average Bonchev–Trinajstić information content (AvgIpc) is 3.47. The Morgan fingerprint density at radius 3 is 2.81 bits per heavy atom. The lowest BCUT2D eigenvalue weighted by molar-refractivity contribution is 0.0737. The van der Waals surface area contributed by atoms with Crippen molar-refractivity contribution in [1.82, 2.24) is 19.7 Å². The molecule has 3 heterocycles. The smallest absolute Gasteiger partial charge is 0.272 e. The van der Waals surface area contributed by atoms with Crippen molar-refractivity contribution in [3.63, 3.8) is 0 Å². The maximum atomic E-state index is 13.6. The predicted molar refractivity (Wildman–Crippen MR) is 121 cm³/mol. The third-order valence-electron chi connectivity index (χ3n) is 4.63. The van der Waals surface area contributed by atoms with Crippen LogP contribution in [0.4, 0.5) is 0 Å². The molecule has 8 heteroatoms. The van der Waals surface area contributed by atoms with Crippen molar-refractivity contribution in [2.45, 2.75) is 13.0 Å². The van der Waals surface area contributed by atoms with Gasteiger partial charge < -0.3 is 4.90 Å². The van der Waals surface area contributed by atoms with E-state index < -0.39 is 0 Å². The molecular formula is C23H18ClN5OS. The third-order valence-corrected chi connectivity index (χ3v) is 5.76. The Hall–Kier alpha value is -3.47. The monoisotopic (exact) mass is 447 g/mol. The van der Waals surface area contributed by atoms with Crippen LogP contribution in [0.15, 0.2) is 72.4 Å². The molecular weight excluding hydrogens is 430 g/mol. The fourth-order valence-electron chi connectivity index (χ4n) is 3.19. The first kappa shape index (κ1) is 20.8. The number of thiophene rings is 1. The fraction of sp³-hybridized carbons (Fsp3) is 0.130. The van der Waals surface area contributed by atoms with E-state index in [1.54, 1.807) is 51.5 Å². The zero-order valence-electron chi connectivity index (χ0n) is 16.5. The largest absolute Gasteiger partial charge is 0.332 e. The van der Waals surface area contributed by atoms with Gasteiger partial charge in [-0.2, -0.15) is 10.4 Å². The Morgan fingerprint density at radius 1 is 1.19 bits per heavy atom. The van der Waals surface area contributed by atoms with Gasteiger partial charge in [-0.05, 0) is 47.3 Å². The number of benzene rings is 1. The summed E-state index contributed by atoms with van der Waals surface area (Å²) in [6.45, 7) is 0.655. The highest BCUT2D eigenvalue weighted by atomic mass is 35.5. The Balaban J connectivity index is 1.76. The number of rotatable bonds is 7. The molecule has 0 saturated carbocycles. The number of pyridine rings is 1. The standard InChI is InChI=1S/C23H18ClN5OS/c24-18-6-1-7-19(13-18)29-21(14-20(27-29)22-8-3-12-31-22)23(30)28(11-4-9-25)16-17-5-2-10-26-15-17/h1-3,5-8,10,12-15H,4,11,16H2. The summed E-state index contributed by atoms with van der Waals surface area (Å²) in [5, 5.41) is 16.3. The second-order valence-electron chi connectivity index (χ2n) is 6.78. The van der Waals surface area contributed by atoms with Crippen molar-refractivity contribution in [2.75, 3.05) is 6.54 Å². The second-order valence-corrected chi connectivity index (χ2v) is 8.16. The first-order chi connectivity index (χ1) is 15.2. The van der Waals surface area contributed by atoms with Gasteiger partial charge in [0.25, 0.3) is 5.91 Å². The molecule has 1 aromatic carbocycles. The molecule has 0 aliphatic heterocycles. The van der Waals surface area contributed by atoms with Crippen LogP contribution in [0.3, 0.4) is 0 Å². The molecule has 3 aromatic heterocycles. The molecule has 0 saturated heterocycles. The highest BCUT2D eigenvalue weighted by molar-refractivity contribution is 7.13. The second kappa shape index (κ2) is 9.56. The van der Waals surface area contributed by atoms with Gasteiger partial charge in [0.1, 0.15) is 11.4 Å². The van der Waals surface area contributed by atoms with Crippen molar-refractivity contribution >= 4 is 28.8 Å². The van der Waals surface area contributed by atoms with Gasteiger partial charge in [-0.15, -0.1) is 11.3 Å². The van der Waals surface area contributed by atoms with E-state index in [0.717, 1.165) is 10.4 Å². The quantitative estimate of drug-likeness (QED) is 0.390. The molecule has 0 fully saturated rings. The molecule has 31 heavy (non-hydrogen) atoms. The van der Waals surface area contributed by atoms with Gasteiger partial charge in [-0.3, -0.25) is 9.78 Å². The highest BCUT2D eigenvalue weighted by Gasteiger charge is 2.23. The Bertz CT molecular complexity index is 1210. The molecule has 0 spiro atoms. The number of amides is 1. The van der Waals surface area contributed by atoms with Gasteiger partial charge in [0.2, 0.25) is 0 Å². The van der Waals surface area contributed by atoms with Crippen LogP contribution in [-0.4, -0.2) is 32.1 Å². The summed E-state index contributed by atoms with van der Waals surface area (Å²) in [6, 6.07) is 18.8. The molecule has 0 radical (unpaired) electrons. The van der Waals surface area contributed by atoms with E-state index in [9.17, 15) is 4.79 Å². The molecule has 0 aliphatic carbocycles. The van der Waals surface area contributed by atoms with Crippen LogP contribution in [-0.2, 0) is 6.54 Å². The normalized spacial score (nSPS) is 10.6. The summed E-state index contributed by atoms with van der Waals surface area (Å²) in [6.07, 6.45) is 3.64. The van der Waals surface area contributed by atoms with Crippen molar-refractivity contribution in [1.29, 1.82) is 5.26 Å². The van der Waals surface area contributed by atoms with Crippen LogP contribution in [0.1, 0.15) is 22.5 Å². The third kappa shape index (κ3) is 4.82. The minimum absolute atomic E-state index is 0.214. The summed E-state index contributed by atoms with van der Waals surface area (Å²) >= 11 is 7.75. The molecule has 0 atom stereocenters. The van der Waals surface area contributed by atoms with E-state index in [1.807, 2.05) is 41.8 Å². The lowest BCUT2D eigenvalue weighted by atomic mass is 10.2. The molecule has 0 aliphatic rings. The van der Waals surface area contributed by atoms with Gasteiger partial charge in [-0.1, -0.05) is 29.8 Å². The molecule has 4 rings (SSSR count). The van der Waals surface area contributed by atoms with Gasteiger partial charge in [-0.25, -0.2) is 4.68 Å². The summed E-state index contributed by atoms with van der Waals surface area (Å²) in [7, 11) is 0. The number of carbonyl (C=O) groups is 1. The summed E-state index contributed by atoms with van der Waals surface area (Å²) in [5.41, 5.74) is 2.70. The van der Waals surface area contributed by atoms with Crippen LogP contribution in [0.2, 0.25) is 5.02 Å². The van der Waals surface area contributed by atoms with E-state index in [4.69, 9.17) is 22.0 Å². The number of nitriles is 1. The molecule has 0 unspecified atom stereocenters. The van der Waals surface area contributed by atoms with Crippen LogP contribution >= 0.6 is 22.9 Å². The number of carbonyl (C=O) groups excluding carboxylic acids is 1. The molecule has 6 nitrogen and oxygen atoms in total. The zero-order valence-corrected chi connectivity index (χ0v) is 18.1. The van der Waals surface area contributed by atoms with Gasteiger partial charge in [0, 0.05) is 30.5 Å². The minimum atomic E-state index is -0.214. The maximum Gasteiger partial charge on any atom is 0.272 e. The van der Waals surface area contributed by atoms with E-state index in [0.29, 0.717) is 35.2 Å². The van der Waals surface area contributed by atoms with E-state index >= 15 is 0 Å². The summed E-state index contributed by atoms with van der Waals surface area (Å²) in [4.78, 5) is 20.4. The summed E-state index contributed by atoms with van der Waals surface area (Å²) < 4.78 is 1.62. The summed E-state index contributed by atoms with van der Waals surface area (Å²) in [5.74, 6) is -0.214. The number of nitrogens with zero attached hydrogens (tertiary/aromatic N) is 5. The molecule has 4 aromatic rings. The number of hydrogen-bond donors (Lipinski definition) is 0. The van der Waals surface area contributed by atoms with E-state index in [1.165, 1.54) is 0 Å². The van der Waals surface area contributed by atoms with E-state index in [-0.39, 0.29) is 12.3 Å². The van der Waals surface area contributed by atoms with Crippen molar-refractivity contribution in [3.8, 4) is 22.3 Å². The van der Waals surface area contributed by atoms with E-state index in [2.05, 4.69) is 11.1 Å². The van der Waals surface area contributed by atoms with Gasteiger partial charge >= 0.3 is 0 Å². The molecule has 1 amide bonds. The van der Waals surface area contributed by atoms with Crippen molar-refractivity contribution < 1.29 is 4.79 Å². The van der Waals surface area contributed by atoms with Crippen LogP contribution in [0.5, 0.6) is 0 Å². The lowest BCUT2D eigenvalue weighted by Gasteiger charge is -2.22. The molecule has 154 valence electrons. The first-order valence-corrected chi connectivity index (χ1v) is 10.9. The lowest BCUT2D eigenvalue weighted by Crippen LogP contribution is -2.33. The number of halogens is 1. The zero-order chi connectivity index (χ0) is 21.6. The SMILES string of the molecule is N#CCCN(Cc1cccnc1)C(=O)c1cc(-c2cccs2)nn1-c1cccc(Cl)c1. The van der Waals surface area contributed by atoms with Gasteiger partial charge in [0.15, 0.2) is 0 Å². The average molecular weight is 448 g/mol. The maximum absolute atomic E-state index is 13.6. The molecule has 0 N–H and O–H groups in total. The Morgan fingerprint density at radius 2 is 2.10 bits per heavy atom.